The highest BCUT2D eigenvalue weighted by Crippen LogP contribution is 2.46. The number of amides is 1. The van der Waals surface area contributed by atoms with Crippen molar-refractivity contribution in [1.29, 1.82) is 0 Å². The normalized spacial score (nSPS) is 19.8. The smallest absolute Gasteiger partial charge is 0.252 e. The first kappa shape index (κ1) is 17.2. The van der Waals surface area contributed by atoms with Gasteiger partial charge >= 0.3 is 0 Å². The third-order valence-corrected chi connectivity index (χ3v) is 6.43. The van der Waals surface area contributed by atoms with Gasteiger partial charge in [-0.15, -0.1) is 11.8 Å². The molecule has 2 unspecified atom stereocenters. The molecule has 0 bridgehead atoms. The van der Waals surface area contributed by atoms with Gasteiger partial charge in [-0.25, -0.2) is 9.97 Å². The van der Waals surface area contributed by atoms with E-state index in [1.54, 1.807) is 27.8 Å². The molecule has 1 amide bonds. The first-order valence-electron chi connectivity index (χ1n) is 8.34. The van der Waals surface area contributed by atoms with Crippen LogP contribution in [-0.4, -0.2) is 30.9 Å². The Morgan fingerprint density at radius 1 is 1.19 bits per heavy atom. The predicted octanol–water partition coefficient (Wildman–Crippen LogP) is 3.81. The molecule has 0 saturated heterocycles. The number of hydrogen-bond acceptors (Lipinski definition) is 6. The van der Waals surface area contributed by atoms with Gasteiger partial charge in [0.05, 0.1) is 16.2 Å². The fourth-order valence-electron chi connectivity index (χ4n) is 3.14. The monoisotopic (exact) mass is 385 g/mol. The van der Waals surface area contributed by atoms with Crippen LogP contribution in [0.25, 0.3) is 5.95 Å². The number of carbonyl (C=O) groups excluding carboxylic acids is 1. The average Bonchev–Trinajstić information content (AvgIpc) is 3.18. The maximum absolute atomic E-state index is 12.6. The lowest BCUT2D eigenvalue weighted by Gasteiger charge is -2.15. The van der Waals surface area contributed by atoms with Crippen LogP contribution in [0.15, 0.2) is 22.9 Å². The first-order valence-corrected chi connectivity index (χ1v) is 10.2. The topological polar surface area (TPSA) is 72.7 Å². The highest BCUT2D eigenvalue weighted by atomic mass is 32.2. The molecule has 134 valence electrons. The van der Waals surface area contributed by atoms with Crippen molar-refractivity contribution in [2.24, 2.45) is 0 Å². The largest absolute Gasteiger partial charge is 0.309 e. The standard InChI is InChI=1S/C18H19N5OS2/c1-9-7-10(2)20-18(19-9)23-16-14(11(3)22-23)15(13-5-6-25-8-13)26-12(4)17(24)21-16/h5-8,12,15H,1-4H3,(H,21,24). The van der Waals surface area contributed by atoms with Gasteiger partial charge in [0, 0.05) is 17.0 Å². The summed E-state index contributed by atoms with van der Waals surface area (Å²) >= 11 is 3.30. The van der Waals surface area contributed by atoms with Crippen LogP contribution in [-0.2, 0) is 4.79 Å². The van der Waals surface area contributed by atoms with Gasteiger partial charge in [-0.2, -0.15) is 21.1 Å². The summed E-state index contributed by atoms with van der Waals surface area (Å²) in [6.07, 6.45) is 0. The third kappa shape index (κ3) is 2.93. The average molecular weight is 386 g/mol. The van der Waals surface area contributed by atoms with E-state index >= 15 is 0 Å². The summed E-state index contributed by atoms with van der Waals surface area (Å²) in [5.41, 5.74) is 4.82. The Labute approximate surface area is 160 Å². The van der Waals surface area contributed by atoms with Crippen LogP contribution in [0.3, 0.4) is 0 Å². The van der Waals surface area contributed by atoms with E-state index in [0.29, 0.717) is 11.8 Å². The van der Waals surface area contributed by atoms with Crippen molar-refractivity contribution in [3.05, 3.63) is 51.1 Å². The third-order valence-electron chi connectivity index (χ3n) is 4.33. The number of rotatable bonds is 2. The lowest BCUT2D eigenvalue weighted by Crippen LogP contribution is -2.23. The lowest BCUT2D eigenvalue weighted by molar-refractivity contribution is -0.115. The van der Waals surface area contributed by atoms with Crippen LogP contribution < -0.4 is 5.32 Å². The molecule has 0 fully saturated rings. The molecule has 4 rings (SSSR count). The summed E-state index contributed by atoms with van der Waals surface area (Å²) in [5.74, 6) is 1.13. The van der Waals surface area contributed by atoms with Gasteiger partial charge in [0.15, 0.2) is 0 Å². The molecule has 0 spiro atoms. The quantitative estimate of drug-likeness (QED) is 0.726. The van der Waals surface area contributed by atoms with Crippen molar-refractivity contribution >= 4 is 34.8 Å². The van der Waals surface area contributed by atoms with E-state index in [-0.39, 0.29) is 16.4 Å². The van der Waals surface area contributed by atoms with Crippen LogP contribution in [0.4, 0.5) is 5.82 Å². The molecule has 0 aromatic carbocycles. The summed E-state index contributed by atoms with van der Waals surface area (Å²) in [4.78, 5) is 21.7. The maximum atomic E-state index is 12.6. The van der Waals surface area contributed by atoms with Gasteiger partial charge in [0.1, 0.15) is 5.82 Å². The number of hydrogen-bond donors (Lipinski definition) is 1. The van der Waals surface area contributed by atoms with E-state index < -0.39 is 0 Å². The molecule has 3 aromatic heterocycles. The van der Waals surface area contributed by atoms with Gasteiger partial charge < -0.3 is 5.32 Å². The molecule has 1 aliphatic rings. The molecular formula is C18H19N5OS2. The highest BCUT2D eigenvalue weighted by Gasteiger charge is 2.34. The molecule has 26 heavy (non-hydrogen) atoms. The number of nitrogens with one attached hydrogen (secondary N) is 1. The maximum Gasteiger partial charge on any atom is 0.252 e. The van der Waals surface area contributed by atoms with Gasteiger partial charge in [0.2, 0.25) is 5.91 Å². The second-order valence-corrected chi connectivity index (χ2v) is 8.65. The van der Waals surface area contributed by atoms with Crippen LogP contribution in [0.1, 0.15) is 40.4 Å². The van der Waals surface area contributed by atoms with E-state index in [2.05, 4.69) is 37.2 Å². The molecule has 8 heteroatoms. The fourth-order valence-corrected chi connectivity index (χ4v) is 5.23. The number of fused-ring (bicyclic) bond motifs is 1. The second kappa shape index (κ2) is 6.51. The van der Waals surface area contributed by atoms with Crippen molar-refractivity contribution in [1.82, 2.24) is 19.7 Å². The summed E-state index contributed by atoms with van der Waals surface area (Å²) in [5, 5.41) is 11.8. The van der Waals surface area contributed by atoms with Crippen molar-refractivity contribution in [3.8, 4) is 5.95 Å². The van der Waals surface area contributed by atoms with E-state index in [1.165, 1.54) is 5.56 Å². The Hall–Kier alpha value is -2.19. The second-order valence-electron chi connectivity index (χ2n) is 6.41. The Balaban J connectivity index is 1.93. The Bertz CT molecular complexity index is 960. The molecule has 2 atom stereocenters. The number of thiophene rings is 1. The number of aromatic nitrogens is 4. The van der Waals surface area contributed by atoms with Gasteiger partial charge in [-0.1, -0.05) is 0 Å². The lowest BCUT2D eigenvalue weighted by atomic mass is 10.1. The summed E-state index contributed by atoms with van der Waals surface area (Å²) in [7, 11) is 0. The SMILES string of the molecule is Cc1cc(C)nc(-n2nc(C)c3c2NC(=O)C(C)SC3c2ccsc2)n1. The minimum absolute atomic E-state index is 0.0282. The number of aryl methyl sites for hydroxylation is 3. The summed E-state index contributed by atoms with van der Waals surface area (Å²) in [6.45, 7) is 7.77. The minimum atomic E-state index is -0.166. The van der Waals surface area contributed by atoms with Gasteiger partial charge in [-0.3, -0.25) is 4.79 Å². The zero-order chi connectivity index (χ0) is 18.4. The van der Waals surface area contributed by atoms with Crippen LogP contribution in [0, 0.1) is 20.8 Å². The molecule has 1 N–H and O–H groups in total. The van der Waals surface area contributed by atoms with Crippen molar-refractivity contribution < 1.29 is 4.79 Å². The number of anilines is 1. The molecule has 6 nitrogen and oxygen atoms in total. The van der Waals surface area contributed by atoms with E-state index in [1.807, 2.05) is 33.8 Å². The zero-order valence-electron chi connectivity index (χ0n) is 15.0. The Kier molecular flexibility index (Phi) is 4.32. The Morgan fingerprint density at radius 2 is 1.92 bits per heavy atom. The summed E-state index contributed by atoms with van der Waals surface area (Å²) in [6, 6.07) is 4.03. The molecule has 0 radical (unpaired) electrons. The predicted molar refractivity (Wildman–Crippen MR) is 105 cm³/mol. The zero-order valence-corrected chi connectivity index (χ0v) is 16.6. The van der Waals surface area contributed by atoms with E-state index in [0.717, 1.165) is 22.6 Å². The molecule has 1 aliphatic heterocycles. The number of carbonyl (C=O) groups is 1. The van der Waals surface area contributed by atoms with Crippen molar-refractivity contribution in [3.63, 3.8) is 0 Å². The minimum Gasteiger partial charge on any atom is -0.309 e. The fraction of sp³-hybridized carbons (Fsp3) is 0.333. The van der Waals surface area contributed by atoms with Crippen LogP contribution >= 0.6 is 23.1 Å². The summed E-state index contributed by atoms with van der Waals surface area (Å²) < 4.78 is 1.67. The first-order chi connectivity index (χ1) is 12.4. The van der Waals surface area contributed by atoms with Gasteiger partial charge in [0.25, 0.3) is 5.95 Å². The molecule has 4 heterocycles. The van der Waals surface area contributed by atoms with Crippen molar-refractivity contribution in [2.45, 2.75) is 38.2 Å². The van der Waals surface area contributed by atoms with Crippen LogP contribution in [0.5, 0.6) is 0 Å². The van der Waals surface area contributed by atoms with Crippen LogP contribution in [0.2, 0.25) is 0 Å². The molecule has 0 saturated carbocycles. The van der Waals surface area contributed by atoms with Gasteiger partial charge in [-0.05, 0) is 56.2 Å². The van der Waals surface area contributed by atoms with E-state index in [4.69, 9.17) is 0 Å². The molecular weight excluding hydrogens is 366 g/mol. The molecule has 3 aromatic rings. The number of thioether (sulfide) groups is 1. The molecule has 0 aliphatic carbocycles. The van der Waals surface area contributed by atoms with E-state index in [9.17, 15) is 4.79 Å². The highest BCUT2D eigenvalue weighted by molar-refractivity contribution is 8.01. The number of nitrogens with zero attached hydrogens (tertiary/aromatic N) is 4. The van der Waals surface area contributed by atoms with Crippen molar-refractivity contribution in [2.75, 3.05) is 5.32 Å². The Morgan fingerprint density at radius 3 is 2.58 bits per heavy atom.